The smallest absolute Gasteiger partial charge is 0.000137 e. The molecule has 0 saturated heterocycles. The number of fused-ring (bicyclic) bond motifs is 6. The zero-order valence-corrected chi connectivity index (χ0v) is 36.2. The lowest BCUT2D eigenvalue weighted by Gasteiger charge is -2.19. The Balaban J connectivity index is 1.18. The molecule has 0 bridgehead atoms. The number of allylic oxidation sites excluding steroid dienone is 5. The maximum Gasteiger partial charge on any atom is -0.000137 e. The monoisotopic (exact) mass is 834 g/mol. The van der Waals surface area contributed by atoms with Crippen molar-refractivity contribution in [3.05, 3.63) is 294 Å². The van der Waals surface area contributed by atoms with Gasteiger partial charge in [0.15, 0.2) is 0 Å². The molecule has 11 aromatic carbocycles. The van der Waals surface area contributed by atoms with Crippen LogP contribution in [0.2, 0.25) is 0 Å². The highest BCUT2D eigenvalue weighted by atomic mass is 14.4. The molecular formula is C66H42. The summed E-state index contributed by atoms with van der Waals surface area (Å²) >= 11 is 0. The molecule has 0 unspecified atom stereocenters. The summed E-state index contributed by atoms with van der Waals surface area (Å²) in [6, 6.07) is 94.4. The van der Waals surface area contributed by atoms with Crippen LogP contribution < -0.4 is 0 Å². The maximum absolute atomic E-state index is 2.51. The van der Waals surface area contributed by atoms with Gasteiger partial charge in [-0.25, -0.2) is 0 Å². The van der Waals surface area contributed by atoms with Gasteiger partial charge in [-0.15, -0.1) is 0 Å². The fourth-order valence-electron chi connectivity index (χ4n) is 10.7. The summed E-state index contributed by atoms with van der Waals surface area (Å²) < 4.78 is 0. The molecule has 0 heterocycles. The van der Waals surface area contributed by atoms with E-state index in [1.54, 1.807) is 0 Å². The zero-order chi connectivity index (χ0) is 43.6. The van der Waals surface area contributed by atoms with Crippen LogP contribution in [0.4, 0.5) is 0 Å². The summed E-state index contributed by atoms with van der Waals surface area (Å²) in [7, 11) is 0. The minimum Gasteiger partial charge on any atom is -0.0622 e. The molecule has 0 fully saturated rings. The van der Waals surface area contributed by atoms with Crippen molar-refractivity contribution in [1.82, 2.24) is 0 Å². The molecule has 0 aromatic heterocycles. The van der Waals surface area contributed by atoms with E-state index in [1.807, 2.05) is 0 Å². The van der Waals surface area contributed by atoms with Crippen molar-refractivity contribution in [1.29, 1.82) is 0 Å². The van der Waals surface area contributed by atoms with Crippen LogP contribution in [0.1, 0.15) is 33.4 Å². The second kappa shape index (κ2) is 15.6. The van der Waals surface area contributed by atoms with Gasteiger partial charge >= 0.3 is 0 Å². The van der Waals surface area contributed by atoms with Gasteiger partial charge in [0, 0.05) is 0 Å². The molecule has 0 spiro atoms. The summed E-state index contributed by atoms with van der Waals surface area (Å²) in [4.78, 5) is 0. The first-order valence-electron chi connectivity index (χ1n) is 22.9. The van der Waals surface area contributed by atoms with E-state index in [0.717, 1.165) is 0 Å². The quantitative estimate of drug-likeness (QED) is 0.140. The molecule has 2 aliphatic carbocycles. The van der Waals surface area contributed by atoms with Crippen molar-refractivity contribution < 1.29 is 0 Å². The van der Waals surface area contributed by atoms with Crippen molar-refractivity contribution >= 4 is 60.2 Å². The van der Waals surface area contributed by atoms with Crippen LogP contribution in [0, 0.1) is 0 Å². The van der Waals surface area contributed by atoms with Crippen LogP contribution >= 0.6 is 0 Å². The van der Waals surface area contributed by atoms with Gasteiger partial charge < -0.3 is 0 Å². The Morgan fingerprint density at radius 2 is 0.485 bits per heavy atom. The van der Waals surface area contributed by atoms with Gasteiger partial charge in [-0.2, -0.15) is 0 Å². The molecule has 13 rings (SSSR count). The summed E-state index contributed by atoms with van der Waals surface area (Å²) in [5.74, 6) is 0. The van der Waals surface area contributed by atoms with Gasteiger partial charge in [0.05, 0.1) is 0 Å². The van der Waals surface area contributed by atoms with Crippen molar-refractivity contribution in [3.8, 4) is 33.4 Å². The Morgan fingerprint density at radius 3 is 1.03 bits per heavy atom. The molecule has 0 radical (unpaired) electrons. The largest absolute Gasteiger partial charge is 0.0622 e. The van der Waals surface area contributed by atoms with E-state index in [0.29, 0.717) is 0 Å². The Labute approximate surface area is 385 Å². The maximum atomic E-state index is 2.51. The molecular weight excluding hydrogens is 793 g/mol. The first kappa shape index (κ1) is 37.9. The third-order valence-corrected chi connectivity index (χ3v) is 13.7. The Bertz CT molecular complexity index is 3800. The highest BCUT2D eigenvalue weighted by molar-refractivity contribution is 6.39. The van der Waals surface area contributed by atoms with E-state index < -0.39 is 0 Å². The highest BCUT2D eigenvalue weighted by Crippen LogP contribution is 2.62. The van der Waals surface area contributed by atoms with Gasteiger partial charge in [0.1, 0.15) is 0 Å². The lowest BCUT2D eigenvalue weighted by atomic mass is 9.84. The average molecular weight is 835 g/mol. The van der Waals surface area contributed by atoms with Crippen LogP contribution in [0.15, 0.2) is 260 Å². The SMILES string of the molecule is c1ccc(C2=C(c3ccccc3)C(c3ccc4ccc(-c5ccccc5)cc4c3)=C3C2=C(c2ccc4cc5ccccc5cc4c2)c2cc(-c4ccccc4)c(-c4ccccc4)cc23)cc1. The van der Waals surface area contributed by atoms with Crippen molar-refractivity contribution in [3.63, 3.8) is 0 Å². The molecule has 0 N–H and O–H groups in total. The summed E-state index contributed by atoms with van der Waals surface area (Å²) in [6.45, 7) is 0. The number of hydrogen-bond acceptors (Lipinski definition) is 0. The normalized spacial score (nSPS) is 13.3. The highest BCUT2D eigenvalue weighted by Gasteiger charge is 2.41. The molecule has 66 heavy (non-hydrogen) atoms. The second-order valence-corrected chi connectivity index (χ2v) is 17.6. The van der Waals surface area contributed by atoms with Gasteiger partial charge in [-0.3, -0.25) is 0 Å². The summed E-state index contributed by atoms with van der Waals surface area (Å²) in [5.41, 5.74) is 22.2. The predicted octanol–water partition coefficient (Wildman–Crippen LogP) is 17.5. The molecule has 0 nitrogen and oxygen atoms in total. The first-order valence-corrected chi connectivity index (χ1v) is 22.9. The molecule has 0 heteroatoms. The van der Waals surface area contributed by atoms with Gasteiger partial charge in [-0.05, 0) is 175 Å². The standard InChI is InChI=1S/C66H42/c1-6-18-43(19-7-1)51-32-30-44-31-34-54(40-55(44)38-51)64-62(47-24-12-4-13-25-47)63(48-26-14-5-15-27-48)66-61(53-35-33-52-36-49-28-16-17-29-50(49)37-56(52)39-53)59-41-57(45-20-8-2-9-21-45)58(42-60(59)65(64)66)46-22-10-3-11-23-46/h1-42H. The fraction of sp³-hybridized carbons (Fsp3) is 0. The minimum absolute atomic E-state index is 1.20. The zero-order valence-electron chi connectivity index (χ0n) is 36.2. The van der Waals surface area contributed by atoms with Crippen LogP contribution in [0.5, 0.6) is 0 Å². The molecule has 0 amide bonds. The molecule has 306 valence electrons. The Hall–Kier alpha value is -8.58. The average Bonchev–Trinajstić information content (AvgIpc) is 3.90. The number of rotatable bonds is 7. The van der Waals surface area contributed by atoms with Gasteiger partial charge in [0.2, 0.25) is 0 Å². The van der Waals surface area contributed by atoms with Crippen LogP contribution in [-0.2, 0) is 0 Å². The molecule has 0 atom stereocenters. The third-order valence-electron chi connectivity index (χ3n) is 13.7. The van der Waals surface area contributed by atoms with Crippen LogP contribution in [-0.4, -0.2) is 0 Å². The topological polar surface area (TPSA) is 0 Å². The Kier molecular flexibility index (Phi) is 8.96. The Morgan fingerprint density at radius 1 is 0.136 bits per heavy atom. The van der Waals surface area contributed by atoms with E-state index in [9.17, 15) is 0 Å². The van der Waals surface area contributed by atoms with E-state index in [4.69, 9.17) is 0 Å². The van der Waals surface area contributed by atoms with E-state index >= 15 is 0 Å². The lowest BCUT2D eigenvalue weighted by molar-refractivity contribution is 1.52. The number of hydrogen-bond donors (Lipinski definition) is 0. The summed E-state index contributed by atoms with van der Waals surface area (Å²) in [6.07, 6.45) is 0. The van der Waals surface area contributed by atoms with Crippen LogP contribution in [0.3, 0.4) is 0 Å². The second-order valence-electron chi connectivity index (χ2n) is 17.6. The van der Waals surface area contributed by atoms with Crippen molar-refractivity contribution in [2.45, 2.75) is 0 Å². The van der Waals surface area contributed by atoms with Crippen molar-refractivity contribution in [2.75, 3.05) is 0 Å². The van der Waals surface area contributed by atoms with E-state index in [2.05, 4.69) is 255 Å². The first-order chi connectivity index (χ1) is 32.7. The summed E-state index contributed by atoms with van der Waals surface area (Å²) in [5, 5.41) is 7.42. The fourth-order valence-corrected chi connectivity index (χ4v) is 10.7. The van der Waals surface area contributed by atoms with E-state index in [1.165, 1.54) is 133 Å². The van der Waals surface area contributed by atoms with Crippen LogP contribution in [0.25, 0.3) is 93.6 Å². The van der Waals surface area contributed by atoms with Gasteiger partial charge in [0.25, 0.3) is 0 Å². The van der Waals surface area contributed by atoms with Gasteiger partial charge in [-0.1, -0.05) is 212 Å². The third kappa shape index (κ3) is 6.30. The number of benzene rings is 11. The van der Waals surface area contributed by atoms with Crippen molar-refractivity contribution in [2.24, 2.45) is 0 Å². The predicted molar refractivity (Wildman–Crippen MR) is 281 cm³/mol. The molecule has 0 aliphatic heterocycles. The lowest BCUT2D eigenvalue weighted by Crippen LogP contribution is -1.97. The molecule has 11 aromatic rings. The minimum atomic E-state index is 1.20. The van der Waals surface area contributed by atoms with E-state index in [-0.39, 0.29) is 0 Å². The molecule has 2 aliphatic rings. The molecule has 0 saturated carbocycles.